The molecule has 1 aromatic rings. The molecule has 4 heteroatoms. The first kappa shape index (κ1) is 10.1. The summed E-state index contributed by atoms with van der Waals surface area (Å²) >= 11 is 1.87. The van der Waals surface area contributed by atoms with Gasteiger partial charge >= 0.3 is 0 Å². The third kappa shape index (κ3) is 1.97. The Morgan fingerprint density at radius 3 is 3.14 bits per heavy atom. The molecule has 0 atom stereocenters. The van der Waals surface area contributed by atoms with E-state index >= 15 is 0 Å². The van der Waals surface area contributed by atoms with Crippen LogP contribution < -0.4 is 5.73 Å². The molecule has 0 aromatic carbocycles. The van der Waals surface area contributed by atoms with Gasteiger partial charge in [0.05, 0.1) is 10.7 Å². The second-order valence-corrected chi connectivity index (χ2v) is 4.81. The number of rotatable bonds is 3. The lowest BCUT2D eigenvalue weighted by molar-refractivity contribution is 0.263. The van der Waals surface area contributed by atoms with Crippen LogP contribution in [-0.4, -0.2) is 29.5 Å². The molecule has 0 spiro atoms. The van der Waals surface area contributed by atoms with Crippen molar-refractivity contribution < 1.29 is 0 Å². The van der Waals surface area contributed by atoms with Crippen molar-refractivity contribution in [2.24, 2.45) is 5.73 Å². The van der Waals surface area contributed by atoms with Crippen molar-refractivity contribution in [3.63, 3.8) is 0 Å². The zero-order valence-corrected chi connectivity index (χ0v) is 9.44. The smallest absolute Gasteiger partial charge is 0.0928 e. The average Bonchev–Trinajstić information content (AvgIpc) is 2.60. The molecule has 0 bridgehead atoms. The van der Waals surface area contributed by atoms with Gasteiger partial charge in [-0.15, -0.1) is 11.3 Å². The highest BCUT2D eigenvalue weighted by molar-refractivity contribution is 7.11. The lowest BCUT2D eigenvalue weighted by Gasteiger charge is -2.24. The van der Waals surface area contributed by atoms with Crippen LogP contribution >= 0.6 is 11.3 Å². The zero-order valence-electron chi connectivity index (χ0n) is 8.62. The molecule has 0 aliphatic carbocycles. The van der Waals surface area contributed by atoms with Gasteiger partial charge in [-0.25, -0.2) is 4.98 Å². The minimum absolute atomic E-state index is 0.759. The van der Waals surface area contributed by atoms with E-state index in [4.69, 9.17) is 5.73 Å². The third-order valence-corrected chi connectivity index (χ3v) is 3.83. The van der Waals surface area contributed by atoms with Crippen molar-refractivity contribution in [1.29, 1.82) is 0 Å². The highest BCUT2D eigenvalue weighted by atomic mass is 32.1. The van der Waals surface area contributed by atoms with Crippen molar-refractivity contribution in [3.8, 4) is 0 Å². The van der Waals surface area contributed by atoms with Crippen LogP contribution in [0.25, 0.3) is 0 Å². The molecule has 0 amide bonds. The fourth-order valence-corrected chi connectivity index (χ4v) is 2.92. The van der Waals surface area contributed by atoms with Crippen LogP contribution in [0.3, 0.4) is 0 Å². The molecule has 3 nitrogen and oxygen atoms in total. The Labute approximate surface area is 88.9 Å². The van der Waals surface area contributed by atoms with E-state index in [1.54, 1.807) is 0 Å². The molecule has 1 aliphatic heterocycles. The van der Waals surface area contributed by atoms with Gasteiger partial charge in [0.1, 0.15) is 0 Å². The van der Waals surface area contributed by atoms with Gasteiger partial charge in [-0.1, -0.05) is 6.92 Å². The zero-order chi connectivity index (χ0) is 9.97. The molecule has 0 saturated carbocycles. The molecule has 0 fully saturated rings. The number of aromatic nitrogens is 1. The van der Waals surface area contributed by atoms with Crippen molar-refractivity contribution >= 4 is 11.3 Å². The van der Waals surface area contributed by atoms with Gasteiger partial charge in [0.15, 0.2) is 0 Å². The van der Waals surface area contributed by atoms with Crippen LogP contribution in [0.5, 0.6) is 0 Å². The third-order valence-electron chi connectivity index (χ3n) is 2.60. The second-order valence-electron chi connectivity index (χ2n) is 3.65. The molecule has 0 unspecified atom stereocenters. The molecule has 2 N–H and O–H groups in total. The number of thiazole rings is 1. The Balaban J connectivity index is 2.09. The number of fused-ring (bicyclic) bond motifs is 1. The summed E-state index contributed by atoms with van der Waals surface area (Å²) in [4.78, 5) is 8.50. The lowest BCUT2D eigenvalue weighted by atomic mass is 10.2. The molecular formula is C10H17N3S. The summed E-state index contributed by atoms with van der Waals surface area (Å²) in [6.07, 6.45) is 2.17. The average molecular weight is 211 g/mol. The summed E-state index contributed by atoms with van der Waals surface area (Å²) < 4.78 is 0. The summed E-state index contributed by atoms with van der Waals surface area (Å²) in [6, 6.07) is 0. The van der Waals surface area contributed by atoms with Gasteiger partial charge in [-0.05, 0) is 6.42 Å². The maximum absolute atomic E-state index is 5.56. The molecule has 0 radical (unpaired) electrons. The molecule has 2 heterocycles. The Hall–Kier alpha value is -0.450. The van der Waals surface area contributed by atoms with Crippen molar-refractivity contribution in [2.45, 2.75) is 26.3 Å². The highest BCUT2D eigenvalue weighted by Gasteiger charge is 2.19. The van der Waals surface area contributed by atoms with E-state index in [0.29, 0.717) is 0 Å². The molecule has 1 aromatic heterocycles. The number of nitrogens with two attached hydrogens (primary N) is 1. The van der Waals surface area contributed by atoms with Crippen LogP contribution in [0.2, 0.25) is 0 Å². The second kappa shape index (κ2) is 4.38. The van der Waals surface area contributed by atoms with Crippen molar-refractivity contribution in [2.75, 3.05) is 19.6 Å². The van der Waals surface area contributed by atoms with Gasteiger partial charge in [0.2, 0.25) is 0 Å². The minimum Gasteiger partial charge on any atom is -0.329 e. The normalized spacial score (nSPS) is 17.0. The lowest BCUT2D eigenvalue weighted by Crippen LogP contribution is -2.33. The Morgan fingerprint density at radius 2 is 2.43 bits per heavy atom. The fraction of sp³-hybridized carbons (Fsp3) is 0.700. The van der Waals surface area contributed by atoms with E-state index in [-0.39, 0.29) is 0 Å². The summed E-state index contributed by atoms with van der Waals surface area (Å²) in [5, 5.41) is 1.28. The first-order chi connectivity index (χ1) is 6.83. The van der Waals surface area contributed by atoms with Gasteiger partial charge in [0.25, 0.3) is 0 Å². The standard InChI is InChI=1S/C10H17N3S/c1-2-10-12-8-3-5-13(6-4-11)7-9(8)14-10/h2-7,11H2,1H3. The van der Waals surface area contributed by atoms with Crippen LogP contribution in [0, 0.1) is 0 Å². The molecule has 2 rings (SSSR count). The number of nitrogens with zero attached hydrogens (tertiary/aromatic N) is 2. The Morgan fingerprint density at radius 1 is 1.57 bits per heavy atom. The van der Waals surface area contributed by atoms with Crippen LogP contribution in [0.1, 0.15) is 22.5 Å². The van der Waals surface area contributed by atoms with E-state index in [2.05, 4.69) is 16.8 Å². The summed E-state index contributed by atoms with van der Waals surface area (Å²) in [6.45, 7) is 6.12. The van der Waals surface area contributed by atoms with E-state index in [1.165, 1.54) is 15.6 Å². The highest BCUT2D eigenvalue weighted by Crippen LogP contribution is 2.24. The fourth-order valence-electron chi connectivity index (χ4n) is 1.83. The summed E-state index contributed by atoms with van der Waals surface area (Å²) in [5.74, 6) is 0. The van der Waals surface area contributed by atoms with Gasteiger partial charge in [-0.3, -0.25) is 4.90 Å². The van der Waals surface area contributed by atoms with E-state index in [0.717, 1.165) is 39.0 Å². The molecular weight excluding hydrogens is 194 g/mol. The molecule has 0 saturated heterocycles. The number of hydrogen-bond donors (Lipinski definition) is 1. The van der Waals surface area contributed by atoms with Gasteiger partial charge in [0, 0.05) is 37.5 Å². The quantitative estimate of drug-likeness (QED) is 0.812. The maximum Gasteiger partial charge on any atom is 0.0928 e. The first-order valence-corrected chi connectivity index (χ1v) is 6.05. The SMILES string of the molecule is CCc1nc2c(s1)CN(CCN)CC2. The van der Waals surface area contributed by atoms with E-state index in [1.807, 2.05) is 11.3 Å². The molecule has 78 valence electrons. The minimum atomic E-state index is 0.759. The predicted molar refractivity (Wildman–Crippen MR) is 59.5 cm³/mol. The predicted octanol–water partition coefficient (Wildman–Crippen LogP) is 1.02. The molecule has 14 heavy (non-hydrogen) atoms. The first-order valence-electron chi connectivity index (χ1n) is 5.23. The van der Waals surface area contributed by atoms with Crippen molar-refractivity contribution in [1.82, 2.24) is 9.88 Å². The Kier molecular flexibility index (Phi) is 3.15. The maximum atomic E-state index is 5.56. The topological polar surface area (TPSA) is 42.2 Å². The number of hydrogen-bond acceptors (Lipinski definition) is 4. The van der Waals surface area contributed by atoms with E-state index < -0.39 is 0 Å². The largest absolute Gasteiger partial charge is 0.329 e. The summed E-state index contributed by atoms with van der Waals surface area (Å²) in [5.41, 5.74) is 6.89. The van der Waals surface area contributed by atoms with Crippen LogP contribution in [0.4, 0.5) is 0 Å². The van der Waals surface area contributed by atoms with Crippen LogP contribution in [0.15, 0.2) is 0 Å². The monoisotopic (exact) mass is 211 g/mol. The van der Waals surface area contributed by atoms with Crippen molar-refractivity contribution in [3.05, 3.63) is 15.6 Å². The van der Waals surface area contributed by atoms with Gasteiger partial charge in [-0.2, -0.15) is 0 Å². The number of aryl methyl sites for hydroxylation is 1. The van der Waals surface area contributed by atoms with Gasteiger partial charge < -0.3 is 5.73 Å². The summed E-state index contributed by atoms with van der Waals surface area (Å²) in [7, 11) is 0. The van der Waals surface area contributed by atoms with Crippen LogP contribution in [-0.2, 0) is 19.4 Å². The van der Waals surface area contributed by atoms with E-state index in [9.17, 15) is 0 Å². The Bertz CT molecular complexity index is 308. The molecule has 1 aliphatic rings.